The number of para-hydroxylation sites is 1. The number of amides is 3. The van der Waals surface area contributed by atoms with Gasteiger partial charge in [-0.05, 0) is 37.0 Å². The minimum atomic E-state index is -0.888. The molecule has 1 fully saturated rings. The number of carbonyl (C=O) groups is 4. The molecule has 1 aliphatic heterocycles. The van der Waals surface area contributed by atoms with Crippen LogP contribution in [0.4, 0.5) is 0 Å². The molecule has 1 atom stereocenters. The van der Waals surface area contributed by atoms with Crippen molar-refractivity contribution in [3.05, 3.63) is 30.3 Å². The fraction of sp³-hybridized carbons (Fsp3) is 0.474. The second kappa shape index (κ2) is 11.3. The molecule has 0 unspecified atom stereocenters. The smallest absolute Gasteiger partial charge is 0.329 e. The van der Waals surface area contributed by atoms with Crippen molar-refractivity contribution in [3.63, 3.8) is 0 Å². The van der Waals surface area contributed by atoms with Gasteiger partial charge in [0.15, 0.2) is 13.2 Å². The number of hydrogen-bond acceptors (Lipinski definition) is 7. The van der Waals surface area contributed by atoms with Gasteiger partial charge in [-0.25, -0.2) is 4.79 Å². The third-order valence-electron chi connectivity index (χ3n) is 4.06. The summed E-state index contributed by atoms with van der Waals surface area (Å²) < 4.78 is 10.4. The topological polar surface area (TPSA) is 102 Å². The van der Waals surface area contributed by atoms with Gasteiger partial charge < -0.3 is 14.8 Å². The third-order valence-corrected chi connectivity index (χ3v) is 4.70. The molecular formula is C19H24N2O6S. The molecule has 28 heavy (non-hydrogen) atoms. The molecule has 2 rings (SSSR count). The number of imide groups is 1. The van der Waals surface area contributed by atoms with Gasteiger partial charge in [-0.2, -0.15) is 11.8 Å². The largest absolute Gasteiger partial charge is 0.484 e. The first-order chi connectivity index (χ1) is 13.5. The number of thioether (sulfide) groups is 1. The van der Waals surface area contributed by atoms with Crippen LogP contribution in [0, 0.1) is 0 Å². The normalized spacial score (nSPS) is 14.5. The van der Waals surface area contributed by atoms with E-state index in [1.807, 2.05) is 12.3 Å². The second-order valence-corrected chi connectivity index (χ2v) is 7.14. The Hall–Kier alpha value is -2.55. The Morgan fingerprint density at radius 1 is 1.21 bits per heavy atom. The lowest BCUT2D eigenvalue weighted by molar-refractivity contribution is -0.156. The average Bonchev–Trinajstić information content (AvgIpc) is 3.14. The molecule has 8 nitrogen and oxygen atoms in total. The van der Waals surface area contributed by atoms with E-state index in [0.717, 1.165) is 4.90 Å². The number of likely N-dealkylation sites (tertiary alicyclic amines) is 1. The van der Waals surface area contributed by atoms with Gasteiger partial charge >= 0.3 is 5.97 Å². The van der Waals surface area contributed by atoms with Crippen LogP contribution in [0.3, 0.4) is 0 Å². The Labute approximate surface area is 167 Å². The lowest BCUT2D eigenvalue weighted by atomic mass is 10.2. The Balaban J connectivity index is 1.82. The van der Waals surface area contributed by atoms with E-state index in [0.29, 0.717) is 37.3 Å². The number of nitrogens with one attached hydrogen (secondary N) is 1. The zero-order valence-corrected chi connectivity index (χ0v) is 16.5. The van der Waals surface area contributed by atoms with Crippen molar-refractivity contribution in [2.45, 2.75) is 25.3 Å². The van der Waals surface area contributed by atoms with Crippen molar-refractivity contribution in [2.75, 3.05) is 31.8 Å². The average molecular weight is 408 g/mol. The maximum absolute atomic E-state index is 12.3. The molecule has 1 aromatic carbocycles. The number of benzene rings is 1. The van der Waals surface area contributed by atoms with Gasteiger partial charge in [-0.15, -0.1) is 0 Å². The number of esters is 1. The predicted molar refractivity (Wildman–Crippen MR) is 104 cm³/mol. The molecule has 1 saturated heterocycles. The third kappa shape index (κ3) is 6.88. The first-order valence-corrected chi connectivity index (χ1v) is 10.4. The van der Waals surface area contributed by atoms with Crippen LogP contribution in [-0.4, -0.2) is 66.4 Å². The maximum atomic E-state index is 12.3. The molecule has 1 aromatic rings. The molecule has 0 aliphatic carbocycles. The second-order valence-electron chi connectivity index (χ2n) is 6.15. The van der Waals surface area contributed by atoms with Crippen LogP contribution in [0.15, 0.2) is 30.3 Å². The monoisotopic (exact) mass is 408 g/mol. The number of carbonyl (C=O) groups excluding carboxylic acids is 4. The van der Waals surface area contributed by atoms with E-state index < -0.39 is 30.4 Å². The molecule has 152 valence electrons. The molecular weight excluding hydrogens is 384 g/mol. The van der Waals surface area contributed by atoms with E-state index in [1.165, 1.54) is 11.8 Å². The first-order valence-electron chi connectivity index (χ1n) is 8.97. The lowest BCUT2D eigenvalue weighted by Crippen LogP contribution is -2.45. The highest BCUT2D eigenvalue weighted by Gasteiger charge is 2.28. The highest BCUT2D eigenvalue weighted by molar-refractivity contribution is 7.98. The number of ether oxygens (including phenoxy) is 2. The highest BCUT2D eigenvalue weighted by Crippen LogP contribution is 2.11. The van der Waals surface area contributed by atoms with Crippen molar-refractivity contribution in [2.24, 2.45) is 0 Å². The van der Waals surface area contributed by atoms with Crippen LogP contribution in [0.25, 0.3) is 0 Å². The SMILES string of the molecule is CSCC[C@H](NC(=O)COc1ccccc1)C(=O)OCC(=O)N1CCCC1=O. The van der Waals surface area contributed by atoms with Gasteiger partial charge in [-0.1, -0.05) is 18.2 Å². The van der Waals surface area contributed by atoms with Crippen LogP contribution in [0.5, 0.6) is 5.75 Å². The lowest BCUT2D eigenvalue weighted by Gasteiger charge is -2.18. The van der Waals surface area contributed by atoms with Crippen LogP contribution in [0.1, 0.15) is 19.3 Å². The molecule has 0 saturated carbocycles. The van der Waals surface area contributed by atoms with Gasteiger partial charge in [-0.3, -0.25) is 19.3 Å². The number of rotatable bonds is 10. The van der Waals surface area contributed by atoms with Crippen LogP contribution < -0.4 is 10.1 Å². The van der Waals surface area contributed by atoms with Gasteiger partial charge in [0.1, 0.15) is 11.8 Å². The number of nitrogens with zero attached hydrogens (tertiary/aromatic N) is 1. The van der Waals surface area contributed by atoms with Crippen molar-refractivity contribution in [1.29, 1.82) is 0 Å². The van der Waals surface area contributed by atoms with E-state index >= 15 is 0 Å². The molecule has 0 aromatic heterocycles. The van der Waals surface area contributed by atoms with E-state index in [2.05, 4.69) is 5.32 Å². The van der Waals surface area contributed by atoms with Gasteiger partial charge in [0.25, 0.3) is 11.8 Å². The maximum Gasteiger partial charge on any atom is 0.329 e. The van der Waals surface area contributed by atoms with E-state index in [-0.39, 0.29) is 12.5 Å². The Morgan fingerprint density at radius 2 is 1.96 bits per heavy atom. The summed E-state index contributed by atoms with van der Waals surface area (Å²) in [5, 5.41) is 2.58. The summed E-state index contributed by atoms with van der Waals surface area (Å²) in [4.78, 5) is 49.1. The van der Waals surface area contributed by atoms with Crippen LogP contribution in [0.2, 0.25) is 0 Å². The predicted octanol–water partition coefficient (Wildman–Crippen LogP) is 0.996. The van der Waals surface area contributed by atoms with E-state index in [1.54, 1.807) is 24.3 Å². The summed E-state index contributed by atoms with van der Waals surface area (Å²) in [7, 11) is 0. The summed E-state index contributed by atoms with van der Waals surface area (Å²) in [6.45, 7) is -0.413. The molecule has 0 spiro atoms. The summed E-state index contributed by atoms with van der Waals surface area (Å²) in [6, 6.07) is 7.96. The van der Waals surface area contributed by atoms with Crippen molar-refractivity contribution >= 4 is 35.5 Å². The Morgan fingerprint density at radius 3 is 2.61 bits per heavy atom. The fourth-order valence-electron chi connectivity index (χ4n) is 2.61. The van der Waals surface area contributed by atoms with Gasteiger partial charge in [0.05, 0.1) is 0 Å². The highest BCUT2D eigenvalue weighted by atomic mass is 32.2. The van der Waals surface area contributed by atoms with Crippen LogP contribution >= 0.6 is 11.8 Å². The molecule has 3 amide bonds. The van der Waals surface area contributed by atoms with Crippen molar-refractivity contribution in [1.82, 2.24) is 10.2 Å². The molecule has 0 radical (unpaired) electrons. The first kappa shape index (κ1) is 21.7. The quantitative estimate of drug-likeness (QED) is 0.576. The minimum Gasteiger partial charge on any atom is -0.484 e. The Kier molecular flexibility index (Phi) is 8.80. The summed E-state index contributed by atoms with van der Waals surface area (Å²) in [5.41, 5.74) is 0. The van der Waals surface area contributed by atoms with E-state index in [4.69, 9.17) is 9.47 Å². The molecule has 9 heteroatoms. The molecule has 0 bridgehead atoms. The minimum absolute atomic E-state index is 0.242. The van der Waals surface area contributed by atoms with Crippen LogP contribution in [-0.2, 0) is 23.9 Å². The van der Waals surface area contributed by atoms with Crippen molar-refractivity contribution < 1.29 is 28.7 Å². The fourth-order valence-corrected chi connectivity index (χ4v) is 3.08. The number of hydrogen-bond donors (Lipinski definition) is 1. The summed E-state index contributed by atoms with van der Waals surface area (Å²) in [6.07, 6.45) is 3.18. The Bertz CT molecular complexity index is 697. The zero-order chi connectivity index (χ0) is 20.4. The van der Waals surface area contributed by atoms with Crippen molar-refractivity contribution in [3.8, 4) is 5.75 Å². The molecule has 1 heterocycles. The summed E-state index contributed by atoms with van der Waals surface area (Å²) >= 11 is 1.52. The molecule has 1 aliphatic rings. The summed E-state index contributed by atoms with van der Waals surface area (Å²) in [5.74, 6) is -0.806. The van der Waals surface area contributed by atoms with Gasteiger partial charge in [0, 0.05) is 13.0 Å². The standard InChI is InChI=1S/C19H24N2O6S/c1-28-11-9-15(20-16(22)12-26-14-6-3-2-4-7-14)19(25)27-13-18(24)21-10-5-8-17(21)23/h2-4,6-7,15H,5,8-13H2,1H3,(H,20,22)/t15-/m0/s1. The molecule has 1 N–H and O–H groups in total. The zero-order valence-electron chi connectivity index (χ0n) is 15.7. The van der Waals surface area contributed by atoms with Gasteiger partial charge in [0.2, 0.25) is 5.91 Å². The van der Waals surface area contributed by atoms with E-state index in [9.17, 15) is 19.2 Å².